The molecule has 3 heterocycles. The Kier molecular flexibility index (Phi) is 5.70. The fraction of sp³-hybridized carbons (Fsp3) is 0.296. The second kappa shape index (κ2) is 8.75. The summed E-state index contributed by atoms with van der Waals surface area (Å²) in [6.07, 6.45) is 2.46. The molecule has 6 rings (SSSR count). The molecule has 3 fully saturated rings. The van der Waals surface area contributed by atoms with Crippen molar-refractivity contribution in [3.8, 4) is 0 Å². The summed E-state index contributed by atoms with van der Waals surface area (Å²) < 4.78 is 0. The van der Waals surface area contributed by atoms with E-state index >= 15 is 0 Å². The molecule has 0 spiro atoms. The van der Waals surface area contributed by atoms with Gasteiger partial charge < -0.3 is 0 Å². The summed E-state index contributed by atoms with van der Waals surface area (Å²) in [5.74, 6) is 0.904. The van der Waals surface area contributed by atoms with Crippen LogP contribution in [-0.4, -0.2) is 29.7 Å². The van der Waals surface area contributed by atoms with Crippen LogP contribution < -0.4 is 0 Å². The highest BCUT2D eigenvalue weighted by Crippen LogP contribution is 2.40. The van der Waals surface area contributed by atoms with E-state index in [1.807, 2.05) is 12.1 Å². The lowest BCUT2D eigenvalue weighted by atomic mass is 9.72. The van der Waals surface area contributed by atoms with Gasteiger partial charge in [-0.15, -0.1) is 0 Å². The molecule has 3 heteroatoms. The number of piperidine rings is 3. The average Bonchev–Trinajstić information content (AvgIpc) is 2.82. The summed E-state index contributed by atoms with van der Waals surface area (Å²) in [4.78, 5) is 7.92. The zero-order valence-electron chi connectivity index (χ0n) is 17.1. The summed E-state index contributed by atoms with van der Waals surface area (Å²) in [7, 11) is 0. The molecule has 0 amide bonds. The Morgan fingerprint density at radius 3 is 1.93 bits per heavy atom. The van der Waals surface area contributed by atoms with Crippen LogP contribution in [0.1, 0.15) is 35.4 Å². The molecule has 3 aromatic rings. The molecule has 1 atom stereocenters. The fourth-order valence-electron chi connectivity index (χ4n) is 5.16. The van der Waals surface area contributed by atoms with Crippen LogP contribution in [0.5, 0.6) is 0 Å². The van der Waals surface area contributed by atoms with Crippen LogP contribution >= 0.6 is 11.6 Å². The molecule has 3 aromatic carbocycles. The quantitative estimate of drug-likeness (QED) is 0.484. The van der Waals surface area contributed by atoms with E-state index in [-0.39, 0.29) is 0 Å². The van der Waals surface area contributed by atoms with Crippen LogP contribution in [0.2, 0.25) is 5.02 Å². The maximum atomic E-state index is 6.07. The standard InChI is InChI=1S/C27H27ClN2/c28-24-13-11-20(12-14-24)19-29-26-23-15-17-30(18-16-23)27(26)25(21-7-3-1-4-8-21)22-9-5-2-6-10-22/h1-14,23,25,27H,15-19H2. The van der Waals surface area contributed by atoms with Gasteiger partial charge in [0.05, 0.1) is 12.6 Å². The number of aliphatic imine (C=N–C) groups is 1. The van der Waals surface area contributed by atoms with Crippen LogP contribution in [0.15, 0.2) is 89.9 Å². The van der Waals surface area contributed by atoms with Crippen LogP contribution in [0.25, 0.3) is 0 Å². The van der Waals surface area contributed by atoms with Gasteiger partial charge in [-0.3, -0.25) is 9.89 Å². The van der Waals surface area contributed by atoms with E-state index in [2.05, 4.69) is 77.7 Å². The van der Waals surface area contributed by atoms with E-state index in [1.165, 1.54) is 48.3 Å². The van der Waals surface area contributed by atoms with Crippen LogP contribution in [-0.2, 0) is 6.54 Å². The number of rotatable bonds is 5. The molecule has 1 unspecified atom stereocenters. The van der Waals surface area contributed by atoms with Gasteiger partial charge in [0.2, 0.25) is 0 Å². The molecule has 2 bridgehead atoms. The van der Waals surface area contributed by atoms with E-state index in [0.29, 0.717) is 17.9 Å². The van der Waals surface area contributed by atoms with Crippen molar-refractivity contribution in [2.45, 2.75) is 31.3 Å². The predicted molar refractivity (Wildman–Crippen MR) is 125 cm³/mol. The van der Waals surface area contributed by atoms with Crippen molar-refractivity contribution in [1.82, 2.24) is 4.90 Å². The molecule has 30 heavy (non-hydrogen) atoms. The number of hydrogen-bond acceptors (Lipinski definition) is 2. The van der Waals surface area contributed by atoms with E-state index in [0.717, 1.165) is 11.6 Å². The third-order valence-corrected chi connectivity index (χ3v) is 6.89. The predicted octanol–water partition coefficient (Wildman–Crippen LogP) is 6.21. The van der Waals surface area contributed by atoms with Gasteiger partial charge in [-0.25, -0.2) is 0 Å². The molecule has 0 aromatic heterocycles. The minimum absolute atomic E-state index is 0.305. The summed E-state index contributed by atoms with van der Waals surface area (Å²) in [6, 6.07) is 30.4. The summed E-state index contributed by atoms with van der Waals surface area (Å²) >= 11 is 6.07. The maximum Gasteiger partial charge on any atom is 0.0640 e. The number of hydrogen-bond donors (Lipinski definition) is 0. The number of nitrogens with zero attached hydrogens (tertiary/aromatic N) is 2. The lowest BCUT2D eigenvalue weighted by molar-refractivity contribution is 0.135. The van der Waals surface area contributed by atoms with Crippen LogP contribution in [0.4, 0.5) is 0 Å². The van der Waals surface area contributed by atoms with E-state index < -0.39 is 0 Å². The van der Waals surface area contributed by atoms with Crippen molar-refractivity contribution in [1.29, 1.82) is 0 Å². The van der Waals surface area contributed by atoms with Crippen LogP contribution in [0, 0.1) is 5.92 Å². The largest absolute Gasteiger partial charge is 0.294 e. The lowest BCUT2D eigenvalue weighted by Gasteiger charge is -2.49. The summed E-state index contributed by atoms with van der Waals surface area (Å²) in [5, 5.41) is 0.778. The molecular formula is C27H27ClN2. The van der Waals surface area contributed by atoms with Gasteiger partial charge >= 0.3 is 0 Å². The Labute approximate surface area is 184 Å². The molecule has 0 aliphatic carbocycles. The number of benzene rings is 3. The van der Waals surface area contributed by atoms with Gasteiger partial charge in [0.25, 0.3) is 0 Å². The third-order valence-electron chi connectivity index (χ3n) is 6.63. The molecule has 152 valence electrons. The van der Waals surface area contributed by atoms with Crippen molar-refractivity contribution in [2.24, 2.45) is 10.9 Å². The van der Waals surface area contributed by atoms with Crippen LogP contribution in [0.3, 0.4) is 0 Å². The van der Waals surface area contributed by atoms with E-state index in [4.69, 9.17) is 16.6 Å². The number of halogens is 1. The Hall–Kier alpha value is -2.42. The minimum Gasteiger partial charge on any atom is -0.294 e. The van der Waals surface area contributed by atoms with Gasteiger partial charge in [-0.2, -0.15) is 0 Å². The first kappa shape index (κ1) is 19.5. The van der Waals surface area contributed by atoms with Gasteiger partial charge in [0.1, 0.15) is 0 Å². The summed E-state index contributed by atoms with van der Waals surface area (Å²) in [6.45, 7) is 3.07. The highest BCUT2D eigenvalue weighted by atomic mass is 35.5. The van der Waals surface area contributed by atoms with E-state index in [9.17, 15) is 0 Å². The van der Waals surface area contributed by atoms with Gasteiger partial charge in [0.15, 0.2) is 0 Å². The SMILES string of the molecule is Clc1ccc(CN=C2C3CCN(CC3)C2C(c2ccccc2)c2ccccc2)cc1. The normalized spacial score (nSPS) is 24.5. The van der Waals surface area contributed by atoms with Crippen molar-refractivity contribution >= 4 is 17.3 Å². The van der Waals surface area contributed by atoms with E-state index in [1.54, 1.807) is 0 Å². The monoisotopic (exact) mass is 414 g/mol. The van der Waals surface area contributed by atoms with Crippen molar-refractivity contribution in [3.05, 3.63) is 107 Å². The van der Waals surface area contributed by atoms with Gasteiger partial charge in [-0.1, -0.05) is 84.4 Å². The first-order valence-electron chi connectivity index (χ1n) is 10.9. The summed E-state index contributed by atoms with van der Waals surface area (Å²) in [5.41, 5.74) is 5.36. The second-order valence-electron chi connectivity index (χ2n) is 8.42. The fourth-order valence-corrected chi connectivity index (χ4v) is 5.28. The molecule has 3 saturated heterocycles. The third kappa shape index (κ3) is 3.95. The lowest BCUT2D eigenvalue weighted by Crippen LogP contribution is -2.58. The first-order chi connectivity index (χ1) is 14.8. The molecule has 0 N–H and O–H groups in total. The van der Waals surface area contributed by atoms with Gasteiger partial charge in [0, 0.05) is 22.6 Å². The Bertz CT molecular complexity index is 951. The van der Waals surface area contributed by atoms with Gasteiger partial charge in [-0.05, 0) is 54.8 Å². The molecule has 0 radical (unpaired) electrons. The molecular weight excluding hydrogens is 388 g/mol. The highest BCUT2D eigenvalue weighted by molar-refractivity contribution is 6.30. The molecule has 2 nitrogen and oxygen atoms in total. The highest BCUT2D eigenvalue weighted by Gasteiger charge is 2.43. The Morgan fingerprint density at radius 2 is 1.37 bits per heavy atom. The molecule has 3 aliphatic rings. The molecule has 0 saturated carbocycles. The van der Waals surface area contributed by atoms with Crippen molar-refractivity contribution < 1.29 is 0 Å². The first-order valence-corrected chi connectivity index (χ1v) is 11.3. The minimum atomic E-state index is 0.305. The topological polar surface area (TPSA) is 15.6 Å². The number of fused-ring (bicyclic) bond motifs is 3. The van der Waals surface area contributed by atoms with Crippen molar-refractivity contribution in [3.63, 3.8) is 0 Å². The Morgan fingerprint density at radius 1 is 0.800 bits per heavy atom. The average molecular weight is 415 g/mol. The maximum absolute atomic E-state index is 6.07. The zero-order valence-corrected chi connectivity index (χ0v) is 17.9. The Balaban J connectivity index is 1.55. The second-order valence-corrected chi connectivity index (χ2v) is 8.86. The zero-order chi connectivity index (χ0) is 20.3. The van der Waals surface area contributed by atoms with Crippen molar-refractivity contribution in [2.75, 3.05) is 13.1 Å². The smallest absolute Gasteiger partial charge is 0.0640 e. The molecule has 3 aliphatic heterocycles.